The van der Waals surface area contributed by atoms with Gasteiger partial charge in [0.1, 0.15) is 5.69 Å². The van der Waals surface area contributed by atoms with Gasteiger partial charge < -0.3 is 24.2 Å². The number of anilines is 1. The van der Waals surface area contributed by atoms with Gasteiger partial charge >= 0.3 is 12.1 Å². The van der Waals surface area contributed by atoms with Gasteiger partial charge in [-0.2, -0.15) is 13.2 Å². The van der Waals surface area contributed by atoms with E-state index in [1.807, 2.05) is 23.4 Å². The normalized spacial score (nSPS) is 18.6. The molecule has 3 fully saturated rings. The Bertz CT molecular complexity index is 1120. The number of morpholine rings is 1. The lowest BCUT2D eigenvalue weighted by molar-refractivity contribution is -0.192. The van der Waals surface area contributed by atoms with Crippen LogP contribution in [0, 0.1) is 5.92 Å². The largest absolute Gasteiger partial charge is 0.490 e. The van der Waals surface area contributed by atoms with Crippen LogP contribution in [0.2, 0.25) is 0 Å². The number of alkyl halides is 3. The first-order valence-corrected chi connectivity index (χ1v) is 13.2. The van der Waals surface area contributed by atoms with Gasteiger partial charge in [0.25, 0.3) is 5.91 Å². The number of carboxylic acids is 1. The lowest BCUT2D eigenvalue weighted by Crippen LogP contribution is -2.51. The van der Waals surface area contributed by atoms with Gasteiger partial charge in [0.15, 0.2) is 0 Å². The van der Waals surface area contributed by atoms with Crippen LogP contribution in [-0.4, -0.2) is 106 Å². The average Bonchev–Trinajstić information content (AvgIpc) is 3.65. The molecule has 4 heterocycles. The number of rotatable bonds is 6. The molecule has 5 rings (SSSR count). The summed E-state index contributed by atoms with van der Waals surface area (Å²) in [5.41, 5.74) is 2.76. The molecule has 0 unspecified atom stereocenters. The monoisotopic (exact) mass is 552 g/mol. The number of piperazine rings is 1. The molecule has 0 atom stereocenters. The van der Waals surface area contributed by atoms with Crippen molar-refractivity contribution in [2.45, 2.75) is 45.5 Å². The molecular weight excluding hydrogens is 517 g/mol. The zero-order valence-electron chi connectivity index (χ0n) is 22.2. The van der Waals surface area contributed by atoms with E-state index >= 15 is 0 Å². The van der Waals surface area contributed by atoms with Gasteiger partial charge in [-0.05, 0) is 38.7 Å². The van der Waals surface area contributed by atoms with Crippen molar-refractivity contribution in [3.8, 4) is 11.1 Å². The van der Waals surface area contributed by atoms with Crippen LogP contribution in [0.4, 0.5) is 19.1 Å². The van der Waals surface area contributed by atoms with Gasteiger partial charge in [0.2, 0.25) is 5.95 Å². The van der Waals surface area contributed by atoms with E-state index in [9.17, 15) is 18.0 Å². The van der Waals surface area contributed by atoms with Crippen molar-refractivity contribution in [1.29, 1.82) is 0 Å². The summed E-state index contributed by atoms with van der Waals surface area (Å²) >= 11 is 0. The fourth-order valence-corrected chi connectivity index (χ4v) is 4.58. The van der Waals surface area contributed by atoms with Crippen molar-refractivity contribution in [1.82, 2.24) is 24.3 Å². The molecule has 2 aromatic rings. The fourth-order valence-electron chi connectivity index (χ4n) is 4.58. The number of carboxylic acid groups (broad SMARTS) is 1. The molecule has 39 heavy (non-hydrogen) atoms. The second-order valence-corrected chi connectivity index (χ2v) is 10.3. The van der Waals surface area contributed by atoms with E-state index in [0.717, 1.165) is 68.6 Å². The summed E-state index contributed by atoms with van der Waals surface area (Å²) in [7, 11) is 0. The molecule has 13 heteroatoms. The number of nitrogens with zero attached hydrogens (tertiary/aromatic N) is 6. The summed E-state index contributed by atoms with van der Waals surface area (Å²) in [4.78, 5) is 38.1. The molecule has 1 amide bonds. The number of hydrogen-bond donors (Lipinski definition) is 1. The third-order valence-electron chi connectivity index (χ3n) is 7.11. The molecule has 2 aromatic heterocycles. The minimum absolute atomic E-state index is 0.145. The Hall–Kier alpha value is -3.19. The van der Waals surface area contributed by atoms with E-state index in [0.29, 0.717) is 25.2 Å². The van der Waals surface area contributed by atoms with Gasteiger partial charge in [-0.1, -0.05) is 0 Å². The lowest BCUT2D eigenvalue weighted by Gasteiger charge is -2.37. The average molecular weight is 553 g/mol. The fraction of sp³-hybridized carbons (Fsp3) is 0.615. The number of aromatic nitrogens is 3. The molecule has 0 bridgehead atoms. The highest BCUT2D eigenvalue weighted by molar-refractivity contribution is 5.94. The molecule has 0 radical (unpaired) electrons. The Balaban J connectivity index is 0.000000448. The van der Waals surface area contributed by atoms with Crippen LogP contribution in [0.25, 0.3) is 11.1 Å². The number of aliphatic carboxylic acids is 1. The molecular formula is C26H35F3N6O4. The van der Waals surface area contributed by atoms with E-state index in [1.54, 1.807) is 0 Å². The number of carbonyl (C=O) groups excluding carboxylic acids is 1. The summed E-state index contributed by atoms with van der Waals surface area (Å²) < 4.78 is 39.3. The summed E-state index contributed by atoms with van der Waals surface area (Å²) in [6.07, 6.45) is 3.30. The summed E-state index contributed by atoms with van der Waals surface area (Å²) in [5.74, 6) is -1.17. The molecule has 214 valence electrons. The quantitative estimate of drug-likeness (QED) is 0.584. The topological polar surface area (TPSA) is 104 Å². The summed E-state index contributed by atoms with van der Waals surface area (Å²) in [6, 6.07) is 2.56. The predicted molar refractivity (Wildman–Crippen MR) is 138 cm³/mol. The number of carbonyl (C=O) groups is 2. The van der Waals surface area contributed by atoms with Crippen LogP contribution in [0.15, 0.2) is 24.7 Å². The minimum Gasteiger partial charge on any atom is -0.475 e. The second kappa shape index (κ2) is 12.3. The molecule has 1 aliphatic carbocycles. The predicted octanol–water partition coefficient (Wildman–Crippen LogP) is 2.99. The molecule has 1 N–H and O–H groups in total. The van der Waals surface area contributed by atoms with Crippen LogP contribution in [-0.2, 0) is 16.1 Å². The van der Waals surface area contributed by atoms with Crippen LogP contribution in [0.5, 0.6) is 0 Å². The highest BCUT2D eigenvalue weighted by Crippen LogP contribution is 2.33. The standard InChI is InChI=1S/C24H34N6O2.C2HF3O2/c1-18(2)27-5-7-28(8-6-27)23(31)22-13-20(17-30(22)16-19-3-4-19)21-14-25-24(26-15-21)29-9-11-32-12-10-29;3-2(4,5)1(6)7/h13-15,17-19H,3-12,16H2,1-2H3;(H,6,7). The Morgan fingerprint density at radius 3 is 2.13 bits per heavy atom. The highest BCUT2D eigenvalue weighted by Gasteiger charge is 2.38. The zero-order chi connectivity index (χ0) is 28.2. The van der Waals surface area contributed by atoms with Crippen molar-refractivity contribution in [3.05, 3.63) is 30.4 Å². The van der Waals surface area contributed by atoms with Crippen molar-refractivity contribution >= 4 is 17.8 Å². The maximum Gasteiger partial charge on any atom is 0.490 e. The van der Waals surface area contributed by atoms with E-state index < -0.39 is 12.1 Å². The maximum absolute atomic E-state index is 13.4. The molecule has 3 aliphatic rings. The van der Waals surface area contributed by atoms with Crippen LogP contribution in [0.1, 0.15) is 37.2 Å². The first kappa shape index (κ1) is 28.8. The maximum atomic E-state index is 13.4. The first-order valence-electron chi connectivity index (χ1n) is 13.2. The highest BCUT2D eigenvalue weighted by atomic mass is 19.4. The van der Waals surface area contributed by atoms with Crippen molar-refractivity contribution in [3.63, 3.8) is 0 Å². The summed E-state index contributed by atoms with van der Waals surface area (Å²) in [6.45, 7) is 11.9. The Morgan fingerprint density at radius 2 is 1.62 bits per heavy atom. The SMILES string of the molecule is CC(C)N1CCN(C(=O)c2cc(-c3cnc(N4CCOCC4)nc3)cn2CC2CC2)CC1.O=C(O)C(F)(F)F. The molecule has 1 saturated carbocycles. The second-order valence-electron chi connectivity index (χ2n) is 10.3. The van der Waals surface area contributed by atoms with E-state index in [2.05, 4.69) is 44.4 Å². The Kier molecular flexibility index (Phi) is 9.11. The molecule has 10 nitrogen and oxygen atoms in total. The van der Waals surface area contributed by atoms with Crippen molar-refractivity contribution in [2.75, 3.05) is 57.4 Å². The molecule has 0 spiro atoms. The van der Waals surface area contributed by atoms with Crippen molar-refractivity contribution < 1.29 is 32.6 Å². The van der Waals surface area contributed by atoms with Crippen LogP contribution in [0.3, 0.4) is 0 Å². The minimum atomic E-state index is -5.08. The zero-order valence-corrected chi connectivity index (χ0v) is 22.2. The lowest BCUT2D eigenvalue weighted by atomic mass is 10.1. The van der Waals surface area contributed by atoms with Crippen molar-refractivity contribution in [2.24, 2.45) is 5.92 Å². The molecule has 2 saturated heterocycles. The van der Waals surface area contributed by atoms with Gasteiger partial charge in [-0.3, -0.25) is 9.69 Å². The molecule has 0 aromatic carbocycles. The van der Waals surface area contributed by atoms with Crippen LogP contribution < -0.4 is 4.90 Å². The number of halogens is 3. The Morgan fingerprint density at radius 1 is 1.03 bits per heavy atom. The van der Waals surface area contributed by atoms with E-state index in [-0.39, 0.29) is 5.91 Å². The van der Waals surface area contributed by atoms with E-state index in [4.69, 9.17) is 14.6 Å². The smallest absolute Gasteiger partial charge is 0.475 e. The number of amides is 1. The van der Waals surface area contributed by atoms with Gasteiger partial charge in [0.05, 0.1) is 13.2 Å². The van der Waals surface area contributed by atoms with Gasteiger partial charge in [-0.25, -0.2) is 14.8 Å². The number of ether oxygens (including phenoxy) is 1. The van der Waals surface area contributed by atoms with E-state index in [1.165, 1.54) is 12.8 Å². The van der Waals surface area contributed by atoms with Gasteiger partial charge in [0, 0.05) is 81.6 Å². The van der Waals surface area contributed by atoms with Crippen LogP contribution >= 0.6 is 0 Å². The third-order valence-corrected chi connectivity index (χ3v) is 7.11. The third kappa shape index (κ3) is 7.69. The number of hydrogen-bond acceptors (Lipinski definition) is 7. The molecule has 2 aliphatic heterocycles. The Labute approximate surface area is 225 Å². The summed E-state index contributed by atoms with van der Waals surface area (Å²) in [5, 5.41) is 7.12. The van der Waals surface area contributed by atoms with Gasteiger partial charge in [-0.15, -0.1) is 0 Å². The first-order chi connectivity index (χ1) is 18.5.